The second-order valence-electron chi connectivity index (χ2n) is 6.13. The predicted octanol–water partition coefficient (Wildman–Crippen LogP) is 4.01. The average molecular weight is 402 g/mol. The molecule has 4 aromatic rings. The summed E-state index contributed by atoms with van der Waals surface area (Å²) >= 11 is 1.37. The Bertz CT molecular complexity index is 1240. The Hall–Kier alpha value is -2.78. The number of hydrogen-bond acceptors (Lipinski definition) is 5. The quantitative estimate of drug-likeness (QED) is 0.559. The van der Waals surface area contributed by atoms with Crippen LogP contribution in [0.25, 0.3) is 16.2 Å². The number of aryl methyl sites for hydroxylation is 2. The zero-order valence-electron chi connectivity index (χ0n) is 14.5. The van der Waals surface area contributed by atoms with Gasteiger partial charge in [-0.3, -0.25) is 0 Å². The SMILES string of the molecule is Cc1ccc(-c2csc3nc(NS(=O)(=O)c4ccc(F)cc4)nn23)c(C)c1. The summed E-state index contributed by atoms with van der Waals surface area (Å²) in [6, 6.07) is 10.7. The second-order valence-corrected chi connectivity index (χ2v) is 8.65. The lowest BCUT2D eigenvalue weighted by Crippen LogP contribution is -2.14. The molecule has 0 radical (unpaired) electrons. The molecule has 138 valence electrons. The van der Waals surface area contributed by atoms with Gasteiger partial charge in [-0.05, 0) is 43.7 Å². The van der Waals surface area contributed by atoms with Crippen LogP contribution < -0.4 is 4.72 Å². The number of nitrogens with zero attached hydrogens (tertiary/aromatic N) is 3. The van der Waals surface area contributed by atoms with Gasteiger partial charge in [0.1, 0.15) is 5.82 Å². The third-order valence-electron chi connectivity index (χ3n) is 4.09. The number of anilines is 1. The molecule has 0 atom stereocenters. The fourth-order valence-corrected chi connectivity index (χ4v) is 4.57. The molecule has 27 heavy (non-hydrogen) atoms. The largest absolute Gasteiger partial charge is 0.264 e. The van der Waals surface area contributed by atoms with Crippen molar-refractivity contribution in [2.24, 2.45) is 0 Å². The summed E-state index contributed by atoms with van der Waals surface area (Å²) in [5.74, 6) is -0.537. The van der Waals surface area contributed by atoms with Crippen LogP contribution in [0.3, 0.4) is 0 Å². The first-order chi connectivity index (χ1) is 12.8. The lowest BCUT2D eigenvalue weighted by molar-refractivity contribution is 0.599. The van der Waals surface area contributed by atoms with Crippen molar-refractivity contribution < 1.29 is 12.8 Å². The summed E-state index contributed by atoms with van der Waals surface area (Å²) in [5.41, 5.74) is 4.10. The average Bonchev–Trinajstić information content (AvgIpc) is 3.15. The van der Waals surface area contributed by atoms with E-state index >= 15 is 0 Å². The maximum Gasteiger partial charge on any atom is 0.264 e. The minimum absolute atomic E-state index is 0.0304. The molecule has 0 bridgehead atoms. The molecular weight excluding hydrogens is 387 g/mol. The molecular formula is C18H15FN4O2S2. The molecule has 0 aliphatic carbocycles. The first-order valence-electron chi connectivity index (χ1n) is 8.04. The second kappa shape index (κ2) is 6.43. The predicted molar refractivity (Wildman–Crippen MR) is 103 cm³/mol. The van der Waals surface area contributed by atoms with Crippen LogP contribution in [0.5, 0.6) is 0 Å². The fraction of sp³-hybridized carbons (Fsp3) is 0.111. The summed E-state index contributed by atoms with van der Waals surface area (Å²) in [6.45, 7) is 4.04. The third-order valence-corrected chi connectivity index (χ3v) is 6.25. The molecule has 0 saturated heterocycles. The van der Waals surface area contributed by atoms with E-state index in [1.165, 1.54) is 23.5 Å². The van der Waals surface area contributed by atoms with E-state index in [1.54, 1.807) is 4.52 Å². The Kier molecular flexibility index (Phi) is 4.20. The van der Waals surface area contributed by atoms with Crippen molar-refractivity contribution in [1.29, 1.82) is 0 Å². The number of thiazole rings is 1. The molecule has 1 N–H and O–H groups in total. The molecule has 0 aliphatic rings. The Morgan fingerprint density at radius 3 is 2.56 bits per heavy atom. The Morgan fingerprint density at radius 1 is 1.11 bits per heavy atom. The fourth-order valence-electron chi connectivity index (χ4n) is 2.80. The van der Waals surface area contributed by atoms with Crippen molar-refractivity contribution in [1.82, 2.24) is 14.6 Å². The number of halogens is 1. The highest BCUT2D eigenvalue weighted by atomic mass is 32.2. The normalized spacial score (nSPS) is 11.8. The third kappa shape index (κ3) is 3.31. The van der Waals surface area contributed by atoms with Crippen molar-refractivity contribution in [2.75, 3.05) is 4.72 Å². The van der Waals surface area contributed by atoms with Crippen molar-refractivity contribution in [3.8, 4) is 11.3 Å². The van der Waals surface area contributed by atoms with Gasteiger partial charge in [-0.1, -0.05) is 23.8 Å². The van der Waals surface area contributed by atoms with Gasteiger partial charge in [0.25, 0.3) is 16.0 Å². The zero-order chi connectivity index (χ0) is 19.2. The first kappa shape index (κ1) is 17.6. The molecule has 0 aliphatic heterocycles. The number of benzene rings is 2. The number of sulfonamides is 1. The van der Waals surface area contributed by atoms with Gasteiger partial charge < -0.3 is 0 Å². The smallest absolute Gasteiger partial charge is 0.246 e. The molecule has 0 spiro atoms. The lowest BCUT2D eigenvalue weighted by atomic mass is 10.0. The number of rotatable bonds is 4. The minimum Gasteiger partial charge on any atom is -0.246 e. The summed E-state index contributed by atoms with van der Waals surface area (Å²) in [5, 5.41) is 6.23. The topological polar surface area (TPSA) is 76.4 Å². The van der Waals surface area contributed by atoms with Crippen molar-refractivity contribution in [2.45, 2.75) is 18.7 Å². The molecule has 2 heterocycles. The lowest BCUT2D eigenvalue weighted by Gasteiger charge is -2.05. The summed E-state index contributed by atoms with van der Waals surface area (Å²) < 4.78 is 41.9. The van der Waals surface area contributed by atoms with E-state index < -0.39 is 15.8 Å². The van der Waals surface area contributed by atoms with Crippen LogP contribution in [-0.2, 0) is 10.0 Å². The Balaban J connectivity index is 1.71. The highest BCUT2D eigenvalue weighted by molar-refractivity contribution is 7.92. The maximum atomic E-state index is 13.0. The van der Waals surface area contributed by atoms with Crippen LogP contribution in [0.2, 0.25) is 0 Å². The van der Waals surface area contributed by atoms with Crippen LogP contribution >= 0.6 is 11.3 Å². The molecule has 0 fully saturated rings. The van der Waals surface area contributed by atoms with Gasteiger partial charge in [-0.2, -0.15) is 4.98 Å². The maximum absolute atomic E-state index is 13.0. The summed E-state index contributed by atoms with van der Waals surface area (Å²) in [7, 11) is -3.90. The molecule has 9 heteroatoms. The van der Waals surface area contributed by atoms with Crippen LogP contribution in [0, 0.1) is 19.7 Å². The van der Waals surface area contributed by atoms with Gasteiger partial charge in [-0.25, -0.2) is 22.0 Å². The van der Waals surface area contributed by atoms with E-state index in [4.69, 9.17) is 0 Å². The van der Waals surface area contributed by atoms with Gasteiger partial charge in [0.15, 0.2) is 0 Å². The van der Waals surface area contributed by atoms with E-state index in [9.17, 15) is 12.8 Å². The molecule has 4 rings (SSSR count). The van der Waals surface area contributed by atoms with Gasteiger partial charge in [0, 0.05) is 10.9 Å². The Morgan fingerprint density at radius 2 is 1.85 bits per heavy atom. The number of hydrogen-bond donors (Lipinski definition) is 1. The van der Waals surface area contributed by atoms with E-state index in [0.29, 0.717) is 4.96 Å². The van der Waals surface area contributed by atoms with Crippen molar-refractivity contribution >= 4 is 32.3 Å². The standard InChI is InChI=1S/C18H15FN4O2S2/c1-11-3-8-15(12(2)9-11)16-10-26-18-20-17(21-23(16)18)22-27(24,25)14-6-4-13(19)5-7-14/h3-10H,1-2H3,(H,21,22). The Labute approximate surface area is 159 Å². The monoisotopic (exact) mass is 402 g/mol. The first-order valence-corrected chi connectivity index (χ1v) is 10.4. The van der Waals surface area contributed by atoms with Gasteiger partial charge in [-0.15, -0.1) is 16.4 Å². The molecule has 2 aromatic carbocycles. The molecule has 2 aromatic heterocycles. The van der Waals surface area contributed by atoms with E-state index in [-0.39, 0.29) is 10.8 Å². The number of nitrogens with one attached hydrogen (secondary N) is 1. The van der Waals surface area contributed by atoms with Crippen molar-refractivity contribution in [3.05, 3.63) is 64.8 Å². The number of aromatic nitrogens is 3. The van der Waals surface area contributed by atoms with Gasteiger partial charge in [0.2, 0.25) is 4.96 Å². The van der Waals surface area contributed by atoms with E-state index in [1.807, 2.05) is 31.4 Å². The molecule has 0 saturated carbocycles. The van der Waals surface area contributed by atoms with Crippen LogP contribution in [0.1, 0.15) is 11.1 Å². The van der Waals surface area contributed by atoms with Crippen LogP contribution in [0.4, 0.5) is 10.3 Å². The van der Waals surface area contributed by atoms with Crippen LogP contribution in [0.15, 0.2) is 52.7 Å². The van der Waals surface area contributed by atoms with Gasteiger partial charge in [0.05, 0.1) is 10.6 Å². The number of fused-ring (bicyclic) bond motifs is 1. The zero-order valence-corrected chi connectivity index (χ0v) is 16.1. The van der Waals surface area contributed by atoms with Crippen LogP contribution in [-0.4, -0.2) is 23.0 Å². The highest BCUT2D eigenvalue weighted by Crippen LogP contribution is 2.29. The molecule has 0 unspecified atom stereocenters. The molecule has 0 amide bonds. The minimum atomic E-state index is -3.90. The molecule has 6 nitrogen and oxygen atoms in total. The van der Waals surface area contributed by atoms with Crippen molar-refractivity contribution in [3.63, 3.8) is 0 Å². The van der Waals surface area contributed by atoms with E-state index in [2.05, 4.69) is 20.9 Å². The highest BCUT2D eigenvalue weighted by Gasteiger charge is 2.19. The summed E-state index contributed by atoms with van der Waals surface area (Å²) in [4.78, 5) is 4.75. The summed E-state index contributed by atoms with van der Waals surface area (Å²) in [6.07, 6.45) is 0. The van der Waals surface area contributed by atoms with Gasteiger partial charge >= 0.3 is 0 Å². The van der Waals surface area contributed by atoms with E-state index in [0.717, 1.165) is 34.5 Å².